The maximum Gasteiger partial charge on any atom is 0.122 e. The summed E-state index contributed by atoms with van der Waals surface area (Å²) in [5.74, 6) is 0.880. The minimum absolute atomic E-state index is 0.593. The molecule has 3 heteroatoms. The average Bonchev–Trinajstić information content (AvgIpc) is 2.43. The Balaban J connectivity index is 1.95. The second-order valence-electron chi connectivity index (χ2n) is 4.37. The van der Waals surface area contributed by atoms with Gasteiger partial charge in [-0.05, 0) is 42.3 Å². The molecule has 100 valence electrons. The Morgan fingerprint density at radius 2 is 1.79 bits per heavy atom. The van der Waals surface area contributed by atoms with Gasteiger partial charge in [-0.3, -0.25) is 0 Å². The third kappa shape index (κ3) is 4.27. The number of hydrogen-bond donors (Lipinski definition) is 1. The molecule has 2 nitrogen and oxygen atoms in total. The lowest BCUT2D eigenvalue weighted by molar-refractivity contribution is 0.318. The minimum atomic E-state index is 0.593. The molecule has 2 rings (SSSR count). The summed E-state index contributed by atoms with van der Waals surface area (Å²) in [6.45, 7) is 1.25. The molecule has 0 atom stereocenters. The number of nitrogens with two attached hydrogens (primary N) is 1. The average molecular weight is 276 g/mol. The molecule has 0 unspecified atom stereocenters. The predicted octanol–water partition coefficient (Wildman–Crippen LogP) is 3.46. The first kappa shape index (κ1) is 13.9. The van der Waals surface area contributed by atoms with Gasteiger partial charge < -0.3 is 10.5 Å². The monoisotopic (exact) mass is 275 g/mol. The van der Waals surface area contributed by atoms with Crippen molar-refractivity contribution in [3.63, 3.8) is 0 Å². The largest absolute Gasteiger partial charge is 0.493 e. The van der Waals surface area contributed by atoms with Gasteiger partial charge >= 0.3 is 0 Å². The topological polar surface area (TPSA) is 35.2 Å². The van der Waals surface area contributed by atoms with E-state index in [1.807, 2.05) is 36.4 Å². The van der Waals surface area contributed by atoms with E-state index in [9.17, 15) is 0 Å². The summed E-state index contributed by atoms with van der Waals surface area (Å²) < 4.78 is 5.83. The Labute approximate surface area is 119 Å². The van der Waals surface area contributed by atoms with Crippen LogP contribution in [0.2, 0.25) is 5.02 Å². The van der Waals surface area contributed by atoms with E-state index in [0.29, 0.717) is 13.2 Å². The Morgan fingerprint density at radius 1 is 1.00 bits per heavy atom. The minimum Gasteiger partial charge on any atom is -0.493 e. The zero-order valence-corrected chi connectivity index (χ0v) is 11.6. The highest BCUT2D eigenvalue weighted by Crippen LogP contribution is 2.23. The van der Waals surface area contributed by atoms with Gasteiger partial charge in [0.1, 0.15) is 5.75 Å². The molecular formula is C16H18ClNO. The normalized spacial score (nSPS) is 10.4. The van der Waals surface area contributed by atoms with Crippen molar-refractivity contribution in [3.05, 3.63) is 64.7 Å². The molecule has 0 aliphatic carbocycles. The molecule has 0 saturated carbocycles. The van der Waals surface area contributed by atoms with Crippen molar-refractivity contribution in [2.75, 3.05) is 13.2 Å². The van der Waals surface area contributed by atoms with Gasteiger partial charge in [0.15, 0.2) is 0 Å². The van der Waals surface area contributed by atoms with Crippen LogP contribution >= 0.6 is 11.6 Å². The van der Waals surface area contributed by atoms with E-state index in [2.05, 4.69) is 12.1 Å². The Morgan fingerprint density at radius 3 is 2.53 bits per heavy atom. The van der Waals surface area contributed by atoms with Crippen molar-refractivity contribution in [3.8, 4) is 5.75 Å². The summed E-state index contributed by atoms with van der Waals surface area (Å²) in [7, 11) is 0. The first-order valence-corrected chi connectivity index (χ1v) is 6.82. The van der Waals surface area contributed by atoms with E-state index in [0.717, 1.165) is 29.2 Å². The van der Waals surface area contributed by atoms with Gasteiger partial charge in [0.05, 0.1) is 6.61 Å². The van der Waals surface area contributed by atoms with Crippen LogP contribution in [0.1, 0.15) is 11.1 Å². The van der Waals surface area contributed by atoms with Crippen molar-refractivity contribution in [1.82, 2.24) is 0 Å². The lowest BCUT2D eigenvalue weighted by Crippen LogP contribution is -2.07. The molecule has 0 radical (unpaired) electrons. The lowest BCUT2D eigenvalue weighted by atomic mass is 10.1. The van der Waals surface area contributed by atoms with Crippen molar-refractivity contribution < 1.29 is 4.74 Å². The molecule has 0 spiro atoms. The maximum atomic E-state index is 5.99. The van der Waals surface area contributed by atoms with Gasteiger partial charge in [-0.1, -0.05) is 41.9 Å². The molecule has 2 aromatic carbocycles. The van der Waals surface area contributed by atoms with Crippen LogP contribution in [0.15, 0.2) is 48.5 Å². The summed E-state index contributed by atoms with van der Waals surface area (Å²) in [6, 6.07) is 16.0. The number of benzene rings is 2. The predicted molar refractivity (Wildman–Crippen MR) is 79.9 cm³/mol. The fraction of sp³-hybridized carbons (Fsp3) is 0.250. The highest BCUT2D eigenvalue weighted by Gasteiger charge is 2.04. The molecule has 0 heterocycles. The Kier molecular flexibility index (Phi) is 5.25. The summed E-state index contributed by atoms with van der Waals surface area (Å²) in [5, 5.41) is 0.721. The van der Waals surface area contributed by atoms with Gasteiger partial charge in [-0.2, -0.15) is 0 Å². The van der Waals surface area contributed by atoms with Crippen LogP contribution in [0.25, 0.3) is 0 Å². The smallest absolute Gasteiger partial charge is 0.122 e. The van der Waals surface area contributed by atoms with Crippen molar-refractivity contribution >= 4 is 11.6 Å². The second kappa shape index (κ2) is 7.17. The zero-order chi connectivity index (χ0) is 13.5. The molecule has 0 fully saturated rings. The standard InChI is InChI=1S/C16H18ClNO/c17-15-6-7-16(14(12-15)8-10-18)19-11-9-13-4-2-1-3-5-13/h1-7,12H,8-11,18H2. The van der Waals surface area contributed by atoms with E-state index in [1.165, 1.54) is 5.56 Å². The summed E-state index contributed by atoms with van der Waals surface area (Å²) in [6.07, 6.45) is 1.67. The molecule has 0 aliphatic rings. The van der Waals surface area contributed by atoms with Gasteiger partial charge in [0, 0.05) is 11.4 Å². The van der Waals surface area contributed by atoms with E-state index in [4.69, 9.17) is 22.1 Å². The van der Waals surface area contributed by atoms with Crippen LogP contribution in [0, 0.1) is 0 Å². The van der Waals surface area contributed by atoms with Crippen LogP contribution < -0.4 is 10.5 Å². The lowest BCUT2D eigenvalue weighted by Gasteiger charge is -2.11. The van der Waals surface area contributed by atoms with E-state index in [1.54, 1.807) is 0 Å². The van der Waals surface area contributed by atoms with Crippen molar-refractivity contribution in [2.45, 2.75) is 12.8 Å². The molecule has 0 bridgehead atoms. The Hall–Kier alpha value is -1.51. The quantitative estimate of drug-likeness (QED) is 0.876. The highest BCUT2D eigenvalue weighted by atomic mass is 35.5. The van der Waals surface area contributed by atoms with E-state index >= 15 is 0 Å². The van der Waals surface area contributed by atoms with E-state index in [-0.39, 0.29) is 0 Å². The molecule has 0 aliphatic heterocycles. The van der Waals surface area contributed by atoms with Gasteiger partial charge in [0.25, 0.3) is 0 Å². The maximum absolute atomic E-state index is 5.99. The molecular weight excluding hydrogens is 258 g/mol. The van der Waals surface area contributed by atoms with Crippen LogP contribution in [-0.4, -0.2) is 13.2 Å². The van der Waals surface area contributed by atoms with Crippen LogP contribution in [0.5, 0.6) is 5.75 Å². The number of halogens is 1. The summed E-state index contributed by atoms with van der Waals surface area (Å²) in [5.41, 5.74) is 7.95. The Bertz CT molecular complexity index is 513. The van der Waals surface area contributed by atoms with Crippen LogP contribution in [-0.2, 0) is 12.8 Å². The van der Waals surface area contributed by atoms with Gasteiger partial charge in [-0.15, -0.1) is 0 Å². The highest BCUT2D eigenvalue weighted by molar-refractivity contribution is 6.30. The van der Waals surface area contributed by atoms with Crippen LogP contribution in [0.3, 0.4) is 0 Å². The summed E-state index contributed by atoms with van der Waals surface area (Å²) >= 11 is 5.99. The summed E-state index contributed by atoms with van der Waals surface area (Å²) in [4.78, 5) is 0. The van der Waals surface area contributed by atoms with Crippen LogP contribution in [0.4, 0.5) is 0 Å². The molecule has 2 N–H and O–H groups in total. The first-order chi connectivity index (χ1) is 9.29. The zero-order valence-electron chi connectivity index (χ0n) is 10.8. The first-order valence-electron chi connectivity index (χ1n) is 6.45. The SMILES string of the molecule is NCCc1cc(Cl)ccc1OCCc1ccccc1. The number of rotatable bonds is 6. The van der Waals surface area contributed by atoms with Crippen molar-refractivity contribution in [1.29, 1.82) is 0 Å². The second-order valence-corrected chi connectivity index (χ2v) is 4.81. The molecule has 19 heavy (non-hydrogen) atoms. The fourth-order valence-electron chi connectivity index (χ4n) is 1.96. The molecule has 0 amide bonds. The third-order valence-electron chi connectivity index (χ3n) is 2.93. The molecule has 0 aromatic heterocycles. The third-order valence-corrected chi connectivity index (χ3v) is 3.16. The van der Waals surface area contributed by atoms with E-state index < -0.39 is 0 Å². The molecule has 2 aromatic rings. The molecule has 0 saturated heterocycles. The van der Waals surface area contributed by atoms with Gasteiger partial charge in [-0.25, -0.2) is 0 Å². The number of hydrogen-bond acceptors (Lipinski definition) is 2. The van der Waals surface area contributed by atoms with Gasteiger partial charge in [0.2, 0.25) is 0 Å². The fourth-order valence-corrected chi connectivity index (χ4v) is 2.16. The van der Waals surface area contributed by atoms with Crippen molar-refractivity contribution in [2.24, 2.45) is 5.73 Å². The number of ether oxygens (including phenoxy) is 1.